The molecule has 0 radical (unpaired) electrons. The van der Waals surface area contributed by atoms with Gasteiger partial charge in [-0.25, -0.2) is 17.9 Å². The molecule has 0 amide bonds. The SMILES string of the molecule is O=C(O)c1ccc(Br)c(S(=O)(=O)NCc2ccccn2)c1. The van der Waals surface area contributed by atoms with Crippen molar-refractivity contribution in [3.05, 3.63) is 58.3 Å². The highest BCUT2D eigenvalue weighted by atomic mass is 79.9. The molecule has 2 N–H and O–H groups in total. The Morgan fingerprint density at radius 2 is 2.05 bits per heavy atom. The first-order valence-electron chi connectivity index (χ1n) is 5.82. The third-order valence-electron chi connectivity index (χ3n) is 2.64. The molecule has 0 unspecified atom stereocenters. The summed E-state index contributed by atoms with van der Waals surface area (Å²) in [5, 5.41) is 8.93. The first kappa shape index (κ1) is 15.6. The van der Waals surface area contributed by atoms with Gasteiger partial charge in [-0.05, 0) is 46.3 Å². The van der Waals surface area contributed by atoms with E-state index in [2.05, 4.69) is 25.6 Å². The van der Waals surface area contributed by atoms with Gasteiger partial charge in [0.05, 0.1) is 22.7 Å². The molecule has 1 aromatic carbocycles. The lowest BCUT2D eigenvalue weighted by Gasteiger charge is -2.09. The van der Waals surface area contributed by atoms with E-state index in [0.717, 1.165) is 6.07 Å². The number of nitrogens with one attached hydrogen (secondary N) is 1. The molecule has 0 spiro atoms. The molecule has 0 fully saturated rings. The second kappa shape index (κ2) is 6.33. The average molecular weight is 371 g/mol. The van der Waals surface area contributed by atoms with Crippen molar-refractivity contribution in [1.82, 2.24) is 9.71 Å². The van der Waals surface area contributed by atoms with Crippen LogP contribution in [-0.4, -0.2) is 24.5 Å². The molecule has 0 aliphatic rings. The molecule has 2 aromatic rings. The Kier molecular flexibility index (Phi) is 4.71. The Labute approximate surface area is 130 Å². The second-order valence-corrected chi connectivity index (χ2v) is 6.69. The molecule has 1 heterocycles. The standard InChI is InChI=1S/C13H11BrN2O4S/c14-11-5-4-9(13(17)18)7-12(11)21(19,20)16-8-10-3-1-2-6-15-10/h1-7,16H,8H2,(H,17,18). The lowest BCUT2D eigenvalue weighted by atomic mass is 10.2. The number of carbonyl (C=O) groups is 1. The van der Waals surface area contributed by atoms with Crippen LogP contribution in [0.4, 0.5) is 0 Å². The molecule has 21 heavy (non-hydrogen) atoms. The summed E-state index contributed by atoms with van der Waals surface area (Å²) < 4.78 is 27.2. The average Bonchev–Trinajstić information content (AvgIpc) is 2.46. The molecule has 0 atom stereocenters. The van der Waals surface area contributed by atoms with Gasteiger partial charge >= 0.3 is 5.97 Å². The van der Waals surface area contributed by atoms with E-state index >= 15 is 0 Å². The summed E-state index contributed by atoms with van der Waals surface area (Å²) in [7, 11) is -3.85. The number of rotatable bonds is 5. The molecule has 0 aliphatic heterocycles. The summed E-state index contributed by atoms with van der Waals surface area (Å²) in [5.41, 5.74) is 0.461. The number of pyridine rings is 1. The van der Waals surface area contributed by atoms with E-state index in [9.17, 15) is 13.2 Å². The summed E-state index contributed by atoms with van der Waals surface area (Å²) in [6.07, 6.45) is 1.56. The number of nitrogens with zero attached hydrogens (tertiary/aromatic N) is 1. The van der Waals surface area contributed by atoms with Gasteiger partial charge in [0.25, 0.3) is 0 Å². The van der Waals surface area contributed by atoms with Crippen molar-refractivity contribution >= 4 is 31.9 Å². The van der Waals surface area contributed by atoms with Crippen molar-refractivity contribution in [3.8, 4) is 0 Å². The minimum atomic E-state index is -3.85. The van der Waals surface area contributed by atoms with E-state index in [0.29, 0.717) is 10.2 Å². The van der Waals surface area contributed by atoms with E-state index in [4.69, 9.17) is 5.11 Å². The van der Waals surface area contributed by atoms with Gasteiger partial charge in [-0.3, -0.25) is 4.98 Å². The number of hydrogen-bond acceptors (Lipinski definition) is 4. The van der Waals surface area contributed by atoms with Crippen molar-refractivity contribution in [2.45, 2.75) is 11.4 Å². The zero-order chi connectivity index (χ0) is 15.5. The van der Waals surface area contributed by atoms with Gasteiger partial charge in [-0.2, -0.15) is 0 Å². The van der Waals surface area contributed by atoms with Crippen LogP contribution in [0, 0.1) is 0 Å². The quantitative estimate of drug-likeness (QED) is 0.838. The van der Waals surface area contributed by atoms with Gasteiger partial charge in [-0.1, -0.05) is 6.07 Å². The lowest BCUT2D eigenvalue weighted by Crippen LogP contribution is -2.24. The maximum Gasteiger partial charge on any atom is 0.335 e. The van der Waals surface area contributed by atoms with E-state index in [1.54, 1.807) is 24.4 Å². The Balaban J connectivity index is 2.27. The predicted octanol–water partition coefficient (Wildman–Crippen LogP) is 2.02. The first-order chi connectivity index (χ1) is 9.90. The molecule has 0 bridgehead atoms. The Morgan fingerprint density at radius 1 is 1.29 bits per heavy atom. The lowest BCUT2D eigenvalue weighted by molar-refractivity contribution is 0.0696. The van der Waals surface area contributed by atoms with E-state index in [1.807, 2.05) is 0 Å². The van der Waals surface area contributed by atoms with Crippen LogP contribution >= 0.6 is 15.9 Å². The van der Waals surface area contributed by atoms with E-state index < -0.39 is 16.0 Å². The van der Waals surface area contributed by atoms with Crippen molar-refractivity contribution in [1.29, 1.82) is 0 Å². The van der Waals surface area contributed by atoms with Gasteiger partial charge in [0, 0.05) is 10.7 Å². The van der Waals surface area contributed by atoms with Gasteiger partial charge in [0.1, 0.15) is 0 Å². The van der Waals surface area contributed by atoms with Gasteiger partial charge in [0.2, 0.25) is 10.0 Å². The van der Waals surface area contributed by atoms with Crippen LogP contribution in [0.5, 0.6) is 0 Å². The van der Waals surface area contributed by atoms with Crippen LogP contribution < -0.4 is 4.72 Å². The fraction of sp³-hybridized carbons (Fsp3) is 0.0769. The third-order valence-corrected chi connectivity index (χ3v) is 5.03. The molecule has 0 saturated carbocycles. The minimum Gasteiger partial charge on any atom is -0.478 e. The third kappa shape index (κ3) is 3.87. The van der Waals surface area contributed by atoms with Crippen molar-refractivity contribution < 1.29 is 18.3 Å². The van der Waals surface area contributed by atoms with Crippen LogP contribution in [0.15, 0.2) is 52.0 Å². The molecular weight excluding hydrogens is 360 g/mol. The van der Waals surface area contributed by atoms with Crippen LogP contribution in [0.25, 0.3) is 0 Å². The van der Waals surface area contributed by atoms with Crippen LogP contribution in [0.1, 0.15) is 16.1 Å². The van der Waals surface area contributed by atoms with Gasteiger partial charge < -0.3 is 5.11 Å². The van der Waals surface area contributed by atoms with Gasteiger partial charge in [-0.15, -0.1) is 0 Å². The molecule has 8 heteroatoms. The summed E-state index contributed by atoms with van der Waals surface area (Å²) in [4.78, 5) is 14.8. The summed E-state index contributed by atoms with van der Waals surface area (Å²) in [5.74, 6) is -1.19. The number of carboxylic acids is 1. The van der Waals surface area contributed by atoms with E-state index in [1.165, 1.54) is 12.1 Å². The molecule has 6 nitrogen and oxygen atoms in total. The maximum absolute atomic E-state index is 12.2. The zero-order valence-electron chi connectivity index (χ0n) is 10.7. The number of hydrogen-bond donors (Lipinski definition) is 2. The number of aromatic nitrogens is 1. The Hall–Kier alpha value is -1.77. The predicted molar refractivity (Wildman–Crippen MR) is 79.4 cm³/mol. The molecular formula is C13H11BrN2O4S. The molecule has 2 rings (SSSR count). The largest absolute Gasteiger partial charge is 0.478 e. The van der Waals surface area contributed by atoms with Crippen LogP contribution in [-0.2, 0) is 16.6 Å². The number of halogens is 1. The highest BCUT2D eigenvalue weighted by Gasteiger charge is 2.19. The van der Waals surface area contributed by atoms with Gasteiger partial charge in [0.15, 0.2) is 0 Å². The molecule has 110 valence electrons. The van der Waals surface area contributed by atoms with Crippen molar-refractivity contribution in [2.24, 2.45) is 0 Å². The number of aromatic carboxylic acids is 1. The fourth-order valence-electron chi connectivity index (χ4n) is 1.59. The van der Waals surface area contributed by atoms with Crippen LogP contribution in [0.3, 0.4) is 0 Å². The monoisotopic (exact) mass is 370 g/mol. The van der Waals surface area contributed by atoms with Crippen LogP contribution in [0.2, 0.25) is 0 Å². The topological polar surface area (TPSA) is 96.4 Å². The second-order valence-electron chi connectivity index (χ2n) is 4.10. The number of carboxylic acid groups (broad SMARTS) is 1. The minimum absolute atomic E-state index is 0.0207. The molecule has 0 saturated heterocycles. The smallest absolute Gasteiger partial charge is 0.335 e. The highest BCUT2D eigenvalue weighted by Crippen LogP contribution is 2.23. The fourth-order valence-corrected chi connectivity index (χ4v) is 3.58. The summed E-state index contributed by atoms with van der Waals surface area (Å²) in [6.45, 7) is 0.0207. The van der Waals surface area contributed by atoms with Crippen molar-refractivity contribution in [2.75, 3.05) is 0 Å². The summed E-state index contributed by atoms with van der Waals surface area (Å²) >= 11 is 3.11. The first-order valence-corrected chi connectivity index (χ1v) is 8.10. The maximum atomic E-state index is 12.2. The zero-order valence-corrected chi connectivity index (χ0v) is 13.1. The van der Waals surface area contributed by atoms with Crippen molar-refractivity contribution in [3.63, 3.8) is 0 Å². The number of sulfonamides is 1. The Morgan fingerprint density at radius 3 is 2.67 bits per heavy atom. The molecule has 1 aromatic heterocycles. The highest BCUT2D eigenvalue weighted by molar-refractivity contribution is 9.10. The molecule has 0 aliphatic carbocycles. The number of benzene rings is 1. The van der Waals surface area contributed by atoms with E-state index in [-0.39, 0.29) is 17.0 Å². The normalized spacial score (nSPS) is 11.3. The Bertz CT molecular complexity index is 763. The summed E-state index contributed by atoms with van der Waals surface area (Å²) in [6, 6.07) is 8.98.